The zero-order valence-electron chi connectivity index (χ0n) is 11.6. The predicted molar refractivity (Wildman–Crippen MR) is 82.4 cm³/mol. The molecule has 20 heavy (non-hydrogen) atoms. The summed E-state index contributed by atoms with van der Waals surface area (Å²) in [5, 5.41) is 4.49. The second kappa shape index (κ2) is 5.36. The van der Waals surface area contributed by atoms with Gasteiger partial charge in [-0.3, -0.25) is 0 Å². The first kappa shape index (κ1) is 14.4. The molecule has 1 atom stereocenters. The van der Waals surface area contributed by atoms with Crippen LogP contribution in [0.5, 0.6) is 0 Å². The van der Waals surface area contributed by atoms with Crippen LogP contribution in [0.4, 0.5) is 10.1 Å². The number of hydrogen-bond donors (Lipinski definition) is 1. The Labute approximate surface area is 129 Å². The van der Waals surface area contributed by atoms with Gasteiger partial charge in [-0.15, -0.1) is 0 Å². The molecule has 0 radical (unpaired) electrons. The van der Waals surface area contributed by atoms with E-state index in [9.17, 15) is 4.39 Å². The zero-order chi connectivity index (χ0) is 14.3. The van der Waals surface area contributed by atoms with Crippen molar-refractivity contribution in [2.75, 3.05) is 18.0 Å². The standard InChI is InChI=1S/C15H19Cl2FN2/c1-10-8-19-15(4-2-3-5-15)9-20(10)14-12(16)6-11(18)7-13(14)17/h6-7,10,19H,2-5,8-9H2,1H3. The lowest BCUT2D eigenvalue weighted by Crippen LogP contribution is -2.62. The second-order valence-electron chi connectivity index (χ2n) is 6.06. The number of piperazine rings is 1. The van der Waals surface area contributed by atoms with Gasteiger partial charge >= 0.3 is 0 Å². The van der Waals surface area contributed by atoms with E-state index in [0.29, 0.717) is 16.1 Å². The lowest BCUT2D eigenvalue weighted by Gasteiger charge is -2.47. The van der Waals surface area contributed by atoms with Crippen molar-refractivity contribution in [1.82, 2.24) is 5.32 Å². The van der Waals surface area contributed by atoms with E-state index < -0.39 is 0 Å². The van der Waals surface area contributed by atoms with Crippen molar-refractivity contribution in [3.63, 3.8) is 0 Å². The minimum atomic E-state index is -0.387. The molecular formula is C15H19Cl2FN2. The highest BCUT2D eigenvalue weighted by atomic mass is 35.5. The number of nitrogens with zero attached hydrogens (tertiary/aromatic N) is 1. The van der Waals surface area contributed by atoms with E-state index in [1.54, 1.807) is 0 Å². The molecule has 3 rings (SSSR count). The minimum absolute atomic E-state index is 0.174. The Balaban J connectivity index is 1.95. The highest BCUT2D eigenvalue weighted by Crippen LogP contribution is 2.40. The zero-order valence-corrected chi connectivity index (χ0v) is 13.1. The predicted octanol–water partition coefficient (Wildman–Crippen LogP) is 4.24. The van der Waals surface area contributed by atoms with Gasteiger partial charge in [-0.2, -0.15) is 0 Å². The van der Waals surface area contributed by atoms with E-state index in [0.717, 1.165) is 18.8 Å². The van der Waals surface area contributed by atoms with Crippen molar-refractivity contribution in [3.8, 4) is 0 Å². The fourth-order valence-electron chi connectivity index (χ4n) is 3.51. The summed E-state index contributed by atoms with van der Waals surface area (Å²) in [6.07, 6.45) is 4.90. The number of benzene rings is 1. The smallest absolute Gasteiger partial charge is 0.126 e. The Bertz CT molecular complexity index is 492. The Morgan fingerprint density at radius 3 is 2.45 bits per heavy atom. The van der Waals surface area contributed by atoms with Crippen molar-refractivity contribution in [2.24, 2.45) is 0 Å². The first-order valence-electron chi connectivity index (χ1n) is 7.17. The first-order valence-corrected chi connectivity index (χ1v) is 7.93. The summed E-state index contributed by atoms with van der Waals surface area (Å²) in [4.78, 5) is 2.24. The summed E-state index contributed by atoms with van der Waals surface area (Å²) in [5.41, 5.74) is 0.947. The molecule has 1 saturated carbocycles. The summed E-state index contributed by atoms with van der Waals surface area (Å²) in [6.45, 7) is 3.94. The molecule has 0 bridgehead atoms. The van der Waals surface area contributed by atoms with Gasteiger partial charge in [0.2, 0.25) is 0 Å². The lowest BCUT2D eigenvalue weighted by molar-refractivity contribution is 0.276. The van der Waals surface area contributed by atoms with Gasteiger partial charge in [-0.25, -0.2) is 4.39 Å². The minimum Gasteiger partial charge on any atom is -0.363 e. The summed E-state index contributed by atoms with van der Waals surface area (Å²) >= 11 is 12.5. The maximum Gasteiger partial charge on any atom is 0.126 e. The maximum atomic E-state index is 13.4. The van der Waals surface area contributed by atoms with Crippen LogP contribution in [-0.4, -0.2) is 24.7 Å². The van der Waals surface area contributed by atoms with Crippen LogP contribution in [0.3, 0.4) is 0 Å². The highest BCUT2D eigenvalue weighted by Gasteiger charge is 2.40. The van der Waals surface area contributed by atoms with Crippen LogP contribution < -0.4 is 10.2 Å². The van der Waals surface area contributed by atoms with Gasteiger partial charge in [0.15, 0.2) is 0 Å². The molecule has 1 aliphatic carbocycles. The number of anilines is 1. The number of nitrogens with one attached hydrogen (secondary N) is 1. The van der Waals surface area contributed by atoms with Gasteiger partial charge in [0.1, 0.15) is 5.82 Å². The van der Waals surface area contributed by atoms with Crippen LogP contribution in [0, 0.1) is 5.82 Å². The molecule has 1 aromatic carbocycles. The average Bonchev–Trinajstić information content (AvgIpc) is 2.81. The third-order valence-corrected chi connectivity index (χ3v) is 5.18. The van der Waals surface area contributed by atoms with Crippen LogP contribution >= 0.6 is 23.2 Å². The van der Waals surface area contributed by atoms with Crippen molar-refractivity contribution < 1.29 is 4.39 Å². The van der Waals surface area contributed by atoms with Gasteiger partial charge in [0.25, 0.3) is 0 Å². The van der Waals surface area contributed by atoms with Crippen molar-refractivity contribution >= 4 is 28.9 Å². The number of halogens is 3. The van der Waals surface area contributed by atoms with Gasteiger partial charge in [0, 0.05) is 24.7 Å². The summed E-state index contributed by atoms with van der Waals surface area (Å²) in [7, 11) is 0. The summed E-state index contributed by atoms with van der Waals surface area (Å²) in [6, 6.07) is 2.99. The molecule has 2 nitrogen and oxygen atoms in total. The molecule has 0 amide bonds. The summed E-state index contributed by atoms with van der Waals surface area (Å²) in [5.74, 6) is -0.387. The molecule has 1 unspecified atom stereocenters. The topological polar surface area (TPSA) is 15.3 Å². The van der Waals surface area contributed by atoms with Crippen molar-refractivity contribution in [2.45, 2.75) is 44.2 Å². The summed E-state index contributed by atoms with van der Waals surface area (Å²) < 4.78 is 13.4. The Morgan fingerprint density at radius 1 is 1.25 bits per heavy atom. The van der Waals surface area contributed by atoms with Crippen LogP contribution in [0.1, 0.15) is 32.6 Å². The molecule has 5 heteroatoms. The molecule has 1 aromatic rings. The molecule has 1 heterocycles. The van der Waals surface area contributed by atoms with Gasteiger partial charge in [0.05, 0.1) is 15.7 Å². The van der Waals surface area contributed by atoms with Gasteiger partial charge in [-0.05, 0) is 31.9 Å². The van der Waals surface area contributed by atoms with Crippen LogP contribution in [0.25, 0.3) is 0 Å². The van der Waals surface area contributed by atoms with E-state index in [2.05, 4.69) is 17.1 Å². The maximum absolute atomic E-state index is 13.4. The van der Waals surface area contributed by atoms with E-state index >= 15 is 0 Å². The molecule has 1 N–H and O–H groups in total. The number of rotatable bonds is 1. The lowest BCUT2D eigenvalue weighted by atomic mass is 9.92. The van der Waals surface area contributed by atoms with Crippen LogP contribution in [0.15, 0.2) is 12.1 Å². The van der Waals surface area contributed by atoms with E-state index in [4.69, 9.17) is 23.2 Å². The monoisotopic (exact) mass is 316 g/mol. The van der Waals surface area contributed by atoms with Crippen LogP contribution in [0.2, 0.25) is 10.0 Å². The van der Waals surface area contributed by atoms with Crippen LogP contribution in [-0.2, 0) is 0 Å². The fourth-order valence-corrected chi connectivity index (χ4v) is 4.18. The third kappa shape index (κ3) is 2.51. The highest BCUT2D eigenvalue weighted by molar-refractivity contribution is 6.39. The number of hydrogen-bond acceptors (Lipinski definition) is 2. The molecule has 1 aliphatic heterocycles. The molecular weight excluding hydrogens is 298 g/mol. The molecule has 2 fully saturated rings. The Morgan fingerprint density at radius 2 is 1.85 bits per heavy atom. The average molecular weight is 317 g/mol. The Hall–Kier alpha value is -0.510. The normalized spacial score (nSPS) is 25.4. The van der Waals surface area contributed by atoms with E-state index in [-0.39, 0.29) is 11.4 Å². The van der Waals surface area contributed by atoms with Crippen molar-refractivity contribution in [1.29, 1.82) is 0 Å². The van der Waals surface area contributed by atoms with E-state index in [1.165, 1.54) is 37.8 Å². The first-order chi connectivity index (χ1) is 9.51. The fraction of sp³-hybridized carbons (Fsp3) is 0.600. The molecule has 0 aromatic heterocycles. The molecule has 2 aliphatic rings. The quantitative estimate of drug-likeness (QED) is 0.833. The van der Waals surface area contributed by atoms with Gasteiger partial charge < -0.3 is 10.2 Å². The second-order valence-corrected chi connectivity index (χ2v) is 6.88. The largest absolute Gasteiger partial charge is 0.363 e. The van der Waals surface area contributed by atoms with Crippen molar-refractivity contribution in [3.05, 3.63) is 28.0 Å². The SMILES string of the molecule is CC1CNC2(CCCC2)CN1c1c(Cl)cc(F)cc1Cl. The third-order valence-electron chi connectivity index (χ3n) is 4.61. The molecule has 110 valence electrons. The molecule has 1 saturated heterocycles. The molecule has 1 spiro atoms. The van der Waals surface area contributed by atoms with Gasteiger partial charge in [-0.1, -0.05) is 36.0 Å². The Kier molecular flexibility index (Phi) is 3.87. The van der Waals surface area contributed by atoms with E-state index in [1.807, 2.05) is 0 Å².